The number of carbonyl (C=O) groups excluding carboxylic acids is 1. The summed E-state index contributed by atoms with van der Waals surface area (Å²) in [5.41, 5.74) is 0.665. The molecular weight excluding hydrogens is 248 g/mol. The van der Waals surface area contributed by atoms with E-state index in [0.717, 1.165) is 6.42 Å². The topological polar surface area (TPSA) is 92.4 Å². The zero-order valence-electron chi connectivity index (χ0n) is 10.4. The molecule has 100 valence electrons. The highest BCUT2D eigenvalue weighted by Crippen LogP contribution is 2.48. The van der Waals surface area contributed by atoms with E-state index in [1.165, 1.54) is 0 Å². The number of anilines is 1. The van der Waals surface area contributed by atoms with Crippen LogP contribution in [0.25, 0.3) is 0 Å². The Bertz CT molecular complexity index is 563. The van der Waals surface area contributed by atoms with E-state index < -0.39 is 17.8 Å². The third-order valence-electron chi connectivity index (χ3n) is 3.92. The second-order valence-electron chi connectivity index (χ2n) is 5.16. The first-order chi connectivity index (χ1) is 9.06. The number of aromatic nitrogens is 1. The summed E-state index contributed by atoms with van der Waals surface area (Å²) in [4.78, 5) is 23.5. The van der Waals surface area contributed by atoms with Gasteiger partial charge in [0.2, 0.25) is 11.8 Å². The zero-order chi connectivity index (χ0) is 13.6. The van der Waals surface area contributed by atoms with Crippen LogP contribution in [0.5, 0.6) is 0 Å². The Hall–Kier alpha value is -2.11. The molecule has 1 saturated carbocycles. The largest absolute Gasteiger partial charge is 0.481 e. The maximum Gasteiger partial charge on any atom is 0.307 e. The first-order valence-electron chi connectivity index (χ1n) is 6.21. The first kappa shape index (κ1) is 12.0. The third-order valence-corrected chi connectivity index (χ3v) is 3.92. The number of aryl methyl sites for hydroxylation is 1. The fraction of sp³-hybridized carbons (Fsp3) is 0.462. The van der Waals surface area contributed by atoms with Gasteiger partial charge in [-0.15, -0.1) is 0 Å². The van der Waals surface area contributed by atoms with Crippen LogP contribution in [-0.2, 0) is 9.59 Å². The number of nitrogens with zero attached hydrogens (tertiary/aromatic N) is 1. The number of rotatable bonds is 3. The van der Waals surface area contributed by atoms with Crippen molar-refractivity contribution < 1.29 is 19.2 Å². The highest BCUT2D eigenvalue weighted by Gasteiger charge is 2.51. The molecule has 19 heavy (non-hydrogen) atoms. The highest BCUT2D eigenvalue weighted by molar-refractivity contribution is 5.95. The summed E-state index contributed by atoms with van der Waals surface area (Å²) in [7, 11) is 0. The lowest BCUT2D eigenvalue weighted by Gasteiger charge is -2.23. The smallest absolute Gasteiger partial charge is 0.307 e. The normalized spacial score (nSPS) is 31.6. The maximum atomic E-state index is 12.2. The van der Waals surface area contributed by atoms with Crippen molar-refractivity contribution in [2.45, 2.75) is 13.3 Å². The molecule has 1 heterocycles. The summed E-state index contributed by atoms with van der Waals surface area (Å²) in [5.74, 6) is -2.15. The van der Waals surface area contributed by atoms with Crippen molar-refractivity contribution in [1.82, 2.24) is 5.16 Å². The van der Waals surface area contributed by atoms with E-state index >= 15 is 0 Å². The number of hydrogen-bond acceptors (Lipinski definition) is 4. The van der Waals surface area contributed by atoms with Crippen molar-refractivity contribution >= 4 is 17.8 Å². The quantitative estimate of drug-likeness (QED) is 0.804. The molecule has 6 heteroatoms. The van der Waals surface area contributed by atoms with Crippen molar-refractivity contribution in [2.75, 3.05) is 5.32 Å². The van der Waals surface area contributed by atoms with Gasteiger partial charge in [0, 0.05) is 6.07 Å². The van der Waals surface area contributed by atoms with Crippen molar-refractivity contribution in [2.24, 2.45) is 23.7 Å². The molecule has 1 fully saturated rings. The van der Waals surface area contributed by atoms with Crippen LogP contribution in [-0.4, -0.2) is 22.1 Å². The summed E-state index contributed by atoms with van der Waals surface area (Å²) in [5, 5.41) is 15.6. The van der Waals surface area contributed by atoms with E-state index in [9.17, 15) is 14.7 Å². The van der Waals surface area contributed by atoms with E-state index in [1.54, 1.807) is 13.0 Å². The molecule has 2 unspecified atom stereocenters. The van der Waals surface area contributed by atoms with E-state index in [4.69, 9.17) is 4.52 Å². The van der Waals surface area contributed by atoms with Crippen LogP contribution in [0.3, 0.4) is 0 Å². The summed E-state index contributed by atoms with van der Waals surface area (Å²) in [6.45, 7) is 1.75. The van der Waals surface area contributed by atoms with Gasteiger partial charge in [-0.25, -0.2) is 0 Å². The van der Waals surface area contributed by atoms with Gasteiger partial charge in [-0.1, -0.05) is 17.3 Å². The lowest BCUT2D eigenvalue weighted by Crippen LogP contribution is -2.36. The number of carbonyl (C=O) groups is 2. The Morgan fingerprint density at radius 1 is 1.37 bits per heavy atom. The van der Waals surface area contributed by atoms with Crippen LogP contribution >= 0.6 is 0 Å². The van der Waals surface area contributed by atoms with Crippen molar-refractivity contribution in [3.63, 3.8) is 0 Å². The van der Waals surface area contributed by atoms with Gasteiger partial charge in [-0.05, 0) is 25.2 Å². The van der Waals surface area contributed by atoms with E-state index in [2.05, 4.69) is 10.5 Å². The average molecular weight is 262 g/mol. The van der Waals surface area contributed by atoms with Gasteiger partial charge >= 0.3 is 5.97 Å². The molecule has 1 amide bonds. The van der Waals surface area contributed by atoms with Gasteiger partial charge in [0.1, 0.15) is 0 Å². The van der Waals surface area contributed by atoms with E-state index in [0.29, 0.717) is 5.69 Å². The van der Waals surface area contributed by atoms with Gasteiger partial charge in [-0.2, -0.15) is 0 Å². The van der Waals surface area contributed by atoms with E-state index in [-0.39, 0.29) is 23.6 Å². The van der Waals surface area contributed by atoms with Crippen molar-refractivity contribution in [3.05, 3.63) is 23.9 Å². The van der Waals surface area contributed by atoms with Gasteiger partial charge < -0.3 is 9.63 Å². The molecular formula is C13H14N2O4. The molecule has 2 aliphatic carbocycles. The van der Waals surface area contributed by atoms with Gasteiger partial charge in [0.05, 0.1) is 17.5 Å². The van der Waals surface area contributed by atoms with Crippen LogP contribution in [0.15, 0.2) is 22.7 Å². The lowest BCUT2D eigenvalue weighted by atomic mass is 9.82. The Morgan fingerprint density at radius 3 is 2.63 bits per heavy atom. The SMILES string of the molecule is Cc1cc(NC(=O)[C@H]2C3C=CC(C3)[C@H]2C(=O)O)on1. The molecule has 0 radical (unpaired) electrons. The molecule has 1 aromatic rings. The number of allylic oxidation sites excluding steroid dienone is 2. The first-order valence-corrected chi connectivity index (χ1v) is 6.21. The molecule has 3 rings (SSSR count). The number of fused-ring (bicyclic) bond motifs is 2. The highest BCUT2D eigenvalue weighted by atomic mass is 16.5. The average Bonchev–Trinajstić information content (AvgIpc) is 3.03. The summed E-state index contributed by atoms with van der Waals surface area (Å²) < 4.78 is 4.92. The number of carboxylic acids is 1. The fourth-order valence-electron chi connectivity index (χ4n) is 3.14. The number of hydrogen-bond donors (Lipinski definition) is 2. The monoisotopic (exact) mass is 262 g/mol. The number of aliphatic carboxylic acids is 1. The molecule has 4 atom stereocenters. The van der Waals surface area contributed by atoms with Gasteiger partial charge in [0.25, 0.3) is 0 Å². The second-order valence-corrected chi connectivity index (χ2v) is 5.16. The second kappa shape index (κ2) is 4.22. The van der Waals surface area contributed by atoms with E-state index in [1.807, 2.05) is 12.2 Å². The number of carboxylic acid groups (broad SMARTS) is 1. The van der Waals surface area contributed by atoms with Crippen LogP contribution in [0, 0.1) is 30.6 Å². The Kier molecular flexibility index (Phi) is 2.66. The van der Waals surface area contributed by atoms with Gasteiger partial charge in [0.15, 0.2) is 0 Å². The van der Waals surface area contributed by atoms with Crippen LogP contribution in [0.4, 0.5) is 5.88 Å². The minimum absolute atomic E-state index is 0.00937. The molecule has 0 saturated heterocycles. The standard InChI is InChI=1S/C13H14N2O4/c1-6-4-9(19-15-6)14-12(16)10-7-2-3-8(5-7)11(10)13(17)18/h2-4,7-8,10-11H,5H2,1H3,(H,14,16)(H,17,18)/t7?,8?,10-,11+/m0/s1. The lowest BCUT2D eigenvalue weighted by molar-refractivity contribution is -0.146. The number of nitrogens with one attached hydrogen (secondary N) is 1. The molecule has 0 spiro atoms. The predicted molar refractivity (Wildman–Crippen MR) is 65.2 cm³/mol. The third kappa shape index (κ3) is 1.93. The van der Waals surface area contributed by atoms with Crippen LogP contribution in [0.1, 0.15) is 12.1 Å². The molecule has 6 nitrogen and oxygen atoms in total. The van der Waals surface area contributed by atoms with Crippen LogP contribution in [0.2, 0.25) is 0 Å². The molecule has 2 N–H and O–H groups in total. The molecule has 2 bridgehead atoms. The van der Waals surface area contributed by atoms with Crippen molar-refractivity contribution in [3.8, 4) is 0 Å². The predicted octanol–water partition coefficient (Wildman–Crippen LogP) is 1.44. The Balaban J connectivity index is 1.79. The number of amides is 1. The molecule has 2 aliphatic rings. The maximum absolute atomic E-state index is 12.2. The summed E-state index contributed by atoms with van der Waals surface area (Å²) in [6.07, 6.45) is 4.59. The van der Waals surface area contributed by atoms with Gasteiger partial charge in [-0.3, -0.25) is 14.9 Å². The van der Waals surface area contributed by atoms with Crippen LogP contribution < -0.4 is 5.32 Å². The molecule has 0 aliphatic heterocycles. The zero-order valence-corrected chi connectivity index (χ0v) is 10.4. The molecule has 1 aromatic heterocycles. The Morgan fingerprint density at radius 2 is 2.05 bits per heavy atom. The summed E-state index contributed by atoms with van der Waals surface area (Å²) in [6, 6.07) is 1.61. The Labute approximate surface area is 109 Å². The van der Waals surface area contributed by atoms with Crippen molar-refractivity contribution in [1.29, 1.82) is 0 Å². The minimum atomic E-state index is -0.911. The fourth-order valence-corrected chi connectivity index (χ4v) is 3.14. The summed E-state index contributed by atoms with van der Waals surface area (Å²) >= 11 is 0. The molecule has 0 aromatic carbocycles. The minimum Gasteiger partial charge on any atom is -0.481 e.